The number of carbonyl (C=O) groups is 1. The number of anilines is 1. The molecule has 1 heterocycles. The molecule has 0 radical (unpaired) electrons. The van der Waals surface area contributed by atoms with E-state index in [4.69, 9.17) is 9.47 Å². The molecule has 1 N–H and O–H groups in total. The van der Waals surface area contributed by atoms with Crippen molar-refractivity contribution in [3.8, 4) is 0 Å². The lowest BCUT2D eigenvalue weighted by molar-refractivity contribution is -0.130. The Labute approximate surface area is 144 Å². The molecule has 1 aromatic carbocycles. The van der Waals surface area contributed by atoms with E-state index in [1.807, 2.05) is 18.2 Å². The quantitative estimate of drug-likeness (QED) is 0.900. The van der Waals surface area contributed by atoms with E-state index < -0.39 is 0 Å². The van der Waals surface area contributed by atoms with Gasteiger partial charge in [0.25, 0.3) is 0 Å². The highest BCUT2D eigenvalue weighted by molar-refractivity contribution is 5.93. The van der Waals surface area contributed by atoms with Crippen molar-refractivity contribution in [2.24, 2.45) is 0 Å². The van der Waals surface area contributed by atoms with Crippen molar-refractivity contribution in [1.82, 2.24) is 4.90 Å². The Kier molecular flexibility index (Phi) is 5.87. The molecule has 0 spiro atoms. The second kappa shape index (κ2) is 8.10. The maximum Gasteiger partial charge on any atom is 0.238 e. The Morgan fingerprint density at radius 1 is 1.38 bits per heavy atom. The number of nitrogens with zero attached hydrogens (tertiary/aromatic N) is 1. The number of benzene rings is 1. The molecule has 1 aliphatic carbocycles. The van der Waals surface area contributed by atoms with Crippen LogP contribution in [0.15, 0.2) is 24.3 Å². The number of hydrogen-bond donors (Lipinski definition) is 1. The molecular formula is C19H28N2O3. The summed E-state index contributed by atoms with van der Waals surface area (Å²) in [5, 5.41) is 3.08. The Balaban J connectivity index is 1.62. The minimum atomic E-state index is 0.0519. The van der Waals surface area contributed by atoms with E-state index in [1.54, 1.807) is 7.11 Å². The first-order valence-electron chi connectivity index (χ1n) is 8.97. The Morgan fingerprint density at radius 2 is 2.21 bits per heavy atom. The molecule has 1 saturated heterocycles. The summed E-state index contributed by atoms with van der Waals surface area (Å²) in [6.45, 7) is 4.03. The third-order valence-electron chi connectivity index (χ3n) is 5.24. The van der Waals surface area contributed by atoms with E-state index in [0.717, 1.165) is 37.9 Å². The lowest BCUT2D eigenvalue weighted by atomic mass is 9.88. The summed E-state index contributed by atoms with van der Waals surface area (Å²) >= 11 is 0. The van der Waals surface area contributed by atoms with Crippen molar-refractivity contribution < 1.29 is 14.3 Å². The van der Waals surface area contributed by atoms with Gasteiger partial charge in [0.1, 0.15) is 0 Å². The summed E-state index contributed by atoms with van der Waals surface area (Å²) in [4.78, 5) is 14.8. The van der Waals surface area contributed by atoms with E-state index >= 15 is 0 Å². The van der Waals surface area contributed by atoms with Crippen LogP contribution in [0.4, 0.5) is 5.69 Å². The normalized spacial score (nSPS) is 27.5. The third-order valence-corrected chi connectivity index (χ3v) is 5.24. The number of rotatable bonds is 5. The molecule has 1 aliphatic heterocycles. The standard InChI is InChI=1S/C19H28N2O3/c1-3-14-6-4-5-7-16(14)20-19(22)13-21-10-11-24-18-9-8-15(23-2)12-17(18)21/h4-7,15,17-18H,3,8-13H2,1-2H3,(H,20,22). The number of nitrogens with one attached hydrogen (secondary N) is 1. The van der Waals surface area contributed by atoms with Crippen LogP contribution < -0.4 is 5.32 Å². The third kappa shape index (κ3) is 3.97. The first-order valence-corrected chi connectivity index (χ1v) is 8.97. The molecule has 3 atom stereocenters. The van der Waals surface area contributed by atoms with Crippen molar-refractivity contribution in [1.29, 1.82) is 0 Å². The van der Waals surface area contributed by atoms with E-state index in [0.29, 0.717) is 13.2 Å². The van der Waals surface area contributed by atoms with Gasteiger partial charge in [-0.05, 0) is 37.3 Å². The lowest BCUT2D eigenvalue weighted by Crippen LogP contribution is -2.56. The maximum atomic E-state index is 12.5. The fourth-order valence-corrected chi connectivity index (χ4v) is 3.88. The summed E-state index contributed by atoms with van der Waals surface area (Å²) in [6, 6.07) is 8.28. The molecule has 1 amide bonds. The van der Waals surface area contributed by atoms with Crippen LogP contribution in [0.2, 0.25) is 0 Å². The van der Waals surface area contributed by atoms with Gasteiger partial charge in [0.05, 0.1) is 25.4 Å². The van der Waals surface area contributed by atoms with Gasteiger partial charge in [0, 0.05) is 25.4 Å². The van der Waals surface area contributed by atoms with Gasteiger partial charge in [-0.2, -0.15) is 0 Å². The molecule has 5 nitrogen and oxygen atoms in total. The van der Waals surface area contributed by atoms with Gasteiger partial charge < -0.3 is 14.8 Å². The van der Waals surface area contributed by atoms with E-state index in [9.17, 15) is 4.79 Å². The fraction of sp³-hybridized carbons (Fsp3) is 0.632. The highest BCUT2D eigenvalue weighted by Crippen LogP contribution is 2.30. The summed E-state index contributed by atoms with van der Waals surface area (Å²) in [5.41, 5.74) is 2.09. The predicted molar refractivity (Wildman–Crippen MR) is 94.2 cm³/mol. The second-order valence-electron chi connectivity index (χ2n) is 6.68. The van der Waals surface area contributed by atoms with Crippen molar-refractivity contribution in [2.45, 2.75) is 50.9 Å². The van der Waals surface area contributed by atoms with Gasteiger partial charge in [-0.25, -0.2) is 0 Å². The Hall–Kier alpha value is -1.43. The molecule has 2 aliphatic rings. The first-order chi connectivity index (χ1) is 11.7. The minimum absolute atomic E-state index is 0.0519. The van der Waals surface area contributed by atoms with Gasteiger partial charge in [-0.3, -0.25) is 9.69 Å². The number of para-hydroxylation sites is 1. The first kappa shape index (κ1) is 17.4. The topological polar surface area (TPSA) is 50.8 Å². The number of fused-ring (bicyclic) bond motifs is 1. The van der Waals surface area contributed by atoms with Gasteiger partial charge in [0.2, 0.25) is 5.91 Å². The van der Waals surface area contributed by atoms with Crippen LogP contribution in [0.1, 0.15) is 31.7 Å². The molecule has 1 saturated carbocycles. The zero-order valence-corrected chi connectivity index (χ0v) is 14.7. The Bertz CT molecular complexity index is 563. The van der Waals surface area contributed by atoms with Crippen molar-refractivity contribution in [3.05, 3.63) is 29.8 Å². The molecule has 0 bridgehead atoms. The van der Waals surface area contributed by atoms with E-state index in [2.05, 4.69) is 23.2 Å². The monoisotopic (exact) mass is 332 g/mol. The van der Waals surface area contributed by atoms with Crippen LogP contribution in [0, 0.1) is 0 Å². The van der Waals surface area contributed by atoms with Crippen LogP contribution in [0.25, 0.3) is 0 Å². The second-order valence-corrected chi connectivity index (χ2v) is 6.68. The zero-order valence-electron chi connectivity index (χ0n) is 14.7. The molecular weight excluding hydrogens is 304 g/mol. The summed E-state index contributed by atoms with van der Waals surface area (Å²) in [7, 11) is 1.77. The fourth-order valence-electron chi connectivity index (χ4n) is 3.88. The van der Waals surface area contributed by atoms with Crippen LogP contribution in [0.5, 0.6) is 0 Å². The number of hydrogen-bond acceptors (Lipinski definition) is 4. The largest absolute Gasteiger partial charge is 0.381 e. The SMILES string of the molecule is CCc1ccccc1NC(=O)CN1CCOC2CCC(OC)CC21. The van der Waals surface area contributed by atoms with Crippen molar-refractivity contribution in [3.63, 3.8) is 0 Å². The average molecular weight is 332 g/mol. The highest BCUT2D eigenvalue weighted by Gasteiger charge is 2.38. The zero-order chi connectivity index (χ0) is 16.9. The number of ether oxygens (including phenoxy) is 2. The molecule has 5 heteroatoms. The molecule has 0 aromatic heterocycles. The van der Waals surface area contributed by atoms with Crippen LogP contribution in [-0.2, 0) is 20.7 Å². The van der Waals surface area contributed by atoms with Crippen molar-refractivity contribution in [2.75, 3.05) is 32.1 Å². The molecule has 2 fully saturated rings. The van der Waals surface area contributed by atoms with Crippen LogP contribution in [-0.4, -0.2) is 55.9 Å². The summed E-state index contributed by atoms with van der Waals surface area (Å²) < 4.78 is 11.4. The van der Waals surface area contributed by atoms with Gasteiger partial charge in [0.15, 0.2) is 0 Å². The molecule has 3 unspecified atom stereocenters. The summed E-state index contributed by atoms with van der Waals surface area (Å²) in [5.74, 6) is 0.0519. The van der Waals surface area contributed by atoms with Crippen LogP contribution in [0.3, 0.4) is 0 Å². The number of methoxy groups -OCH3 is 1. The number of carbonyl (C=O) groups excluding carboxylic acids is 1. The van der Waals surface area contributed by atoms with E-state index in [-0.39, 0.29) is 24.2 Å². The van der Waals surface area contributed by atoms with Gasteiger partial charge in [-0.15, -0.1) is 0 Å². The van der Waals surface area contributed by atoms with Gasteiger partial charge in [-0.1, -0.05) is 25.1 Å². The van der Waals surface area contributed by atoms with Crippen LogP contribution >= 0.6 is 0 Å². The Morgan fingerprint density at radius 3 is 3.00 bits per heavy atom. The van der Waals surface area contributed by atoms with Crippen molar-refractivity contribution >= 4 is 11.6 Å². The molecule has 3 rings (SSSR count). The summed E-state index contributed by atoms with van der Waals surface area (Å²) in [6.07, 6.45) is 4.43. The molecule has 132 valence electrons. The number of aryl methyl sites for hydroxylation is 1. The highest BCUT2D eigenvalue weighted by atomic mass is 16.5. The van der Waals surface area contributed by atoms with E-state index in [1.165, 1.54) is 5.56 Å². The molecule has 24 heavy (non-hydrogen) atoms. The van der Waals surface area contributed by atoms with Gasteiger partial charge >= 0.3 is 0 Å². The average Bonchev–Trinajstić information content (AvgIpc) is 2.62. The maximum absolute atomic E-state index is 12.5. The number of morpholine rings is 1. The predicted octanol–water partition coefficient (Wildman–Crippen LogP) is 2.46. The lowest BCUT2D eigenvalue weighted by Gasteiger charge is -2.45. The molecule has 1 aromatic rings. The smallest absolute Gasteiger partial charge is 0.238 e. The number of amides is 1. The minimum Gasteiger partial charge on any atom is -0.381 e.